The van der Waals surface area contributed by atoms with Crippen LogP contribution in [0, 0.1) is 0 Å². The maximum atomic E-state index is 14.8. The Bertz CT molecular complexity index is 1820. The highest BCUT2D eigenvalue weighted by atomic mass is 79.9. The Morgan fingerprint density at radius 3 is 2.12 bits per heavy atom. The van der Waals surface area contributed by atoms with Crippen molar-refractivity contribution in [2.45, 2.75) is 62.0 Å². The van der Waals surface area contributed by atoms with Crippen molar-refractivity contribution in [1.29, 1.82) is 0 Å². The number of nitrogens with zero attached hydrogens (tertiary/aromatic N) is 2. The van der Waals surface area contributed by atoms with Gasteiger partial charge < -0.3 is 19.7 Å². The largest absolute Gasteiger partial charge is 0.493 e. The van der Waals surface area contributed by atoms with Crippen LogP contribution in [0.25, 0.3) is 0 Å². The molecule has 258 valence electrons. The van der Waals surface area contributed by atoms with Crippen molar-refractivity contribution in [3.8, 4) is 11.5 Å². The number of sulfonamides is 1. The second kappa shape index (κ2) is 16.8. The fourth-order valence-corrected chi connectivity index (χ4v) is 8.03. The zero-order valence-corrected chi connectivity index (χ0v) is 30.2. The summed E-state index contributed by atoms with van der Waals surface area (Å²) in [6.45, 7) is -0.484. The zero-order chi connectivity index (χ0) is 34.8. The maximum absolute atomic E-state index is 14.8. The number of rotatable bonds is 14. The Labute approximate surface area is 297 Å². The van der Waals surface area contributed by atoms with Gasteiger partial charge in [0.15, 0.2) is 11.5 Å². The molecule has 49 heavy (non-hydrogen) atoms. The lowest BCUT2D eigenvalue weighted by molar-refractivity contribution is -0.140. The molecule has 1 unspecified atom stereocenters. The third-order valence-corrected chi connectivity index (χ3v) is 11.0. The van der Waals surface area contributed by atoms with Gasteiger partial charge in [0, 0.05) is 29.5 Å². The number of benzene rings is 4. The molecule has 1 aliphatic carbocycles. The first kappa shape index (κ1) is 35.9. The Hall–Kier alpha value is -4.35. The molecule has 0 aliphatic heterocycles. The number of ether oxygens (including phenoxy) is 2. The Morgan fingerprint density at radius 2 is 1.47 bits per heavy atom. The first-order valence-corrected chi connectivity index (χ1v) is 18.6. The summed E-state index contributed by atoms with van der Waals surface area (Å²) >= 11 is 3.53. The minimum absolute atomic E-state index is 0.0177. The van der Waals surface area contributed by atoms with Crippen molar-refractivity contribution in [2.75, 3.05) is 25.1 Å². The van der Waals surface area contributed by atoms with Gasteiger partial charge in [-0.05, 0) is 60.4 Å². The summed E-state index contributed by atoms with van der Waals surface area (Å²) in [5, 5.41) is 3.24. The number of amides is 2. The summed E-state index contributed by atoms with van der Waals surface area (Å²) in [5.41, 5.74) is 1.88. The average molecular weight is 749 g/mol. The van der Waals surface area contributed by atoms with Crippen LogP contribution in [0.2, 0.25) is 0 Å². The van der Waals surface area contributed by atoms with E-state index < -0.39 is 28.5 Å². The van der Waals surface area contributed by atoms with Gasteiger partial charge in [0.05, 0.1) is 24.8 Å². The van der Waals surface area contributed by atoms with E-state index in [1.165, 1.54) is 37.3 Å². The molecule has 0 aromatic heterocycles. The van der Waals surface area contributed by atoms with Crippen LogP contribution in [0.1, 0.15) is 43.2 Å². The molecular formula is C38H42BrN3O6S. The van der Waals surface area contributed by atoms with E-state index in [0.717, 1.165) is 52.0 Å². The molecule has 5 rings (SSSR count). The minimum atomic E-state index is -4.25. The number of methoxy groups -OCH3 is 2. The quantitative estimate of drug-likeness (QED) is 0.153. The van der Waals surface area contributed by atoms with Crippen LogP contribution in [-0.2, 0) is 32.6 Å². The molecule has 0 heterocycles. The number of carbonyl (C=O) groups excluding carboxylic acids is 2. The molecule has 1 aliphatic rings. The van der Waals surface area contributed by atoms with Crippen LogP contribution in [0.4, 0.5) is 5.69 Å². The summed E-state index contributed by atoms with van der Waals surface area (Å²) in [4.78, 5) is 30.6. The van der Waals surface area contributed by atoms with Crippen LogP contribution in [0.15, 0.2) is 112 Å². The molecule has 0 bridgehead atoms. The van der Waals surface area contributed by atoms with Crippen molar-refractivity contribution >= 4 is 43.5 Å². The van der Waals surface area contributed by atoms with E-state index in [1.54, 1.807) is 30.3 Å². The highest BCUT2D eigenvalue weighted by molar-refractivity contribution is 9.10. The zero-order valence-electron chi connectivity index (χ0n) is 27.8. The summed E-state index contributed by atoms with van der Waals surface area (Å²) in [7, 11) is -1.30. The first-order valence-electron chi connectivity index (χ1n) is 16.4. The van der Waals surface area contributed by atoms with Crippen molar-refractivity contribution in [3.63, 3.8) is 0 Å². The molecule has 0 radical (unpaired) electrons. The molecule has 2 amide bonds. The smallest absolute Gasteiger partial charge is 0.264 e. The van der Waals surface area contributed by atoms with Crippen LogP contribution in [0.5, 0.6) is 11.5 Å². The topological polar surface area (TPSA) is 105 Å². The third-order valence-electron chi connectivity index (χ3n) is 8.73. The molecule has 1 saturated carbocycles. The predicted molar refractivity (Wildman–Crippen MR) is 194 cm³/mol. The summed E-state index contributed by atoms with van der Waals surface area (Å²) in [6, 6.07) is 28.9. The molecule has 1 N–H and O–H groups in total. The van der Waals surface area contributed by atoms with Crippen LogP contribution in [0.3, 0.4) is 0 Å². The van der Waals surface area contributed by atoms with Gasteiger partial charge in [0.1, 0.15) is 12.6 Å². The summed E-state index contributed by atoms with van der Waals surface area (Å²) in [5.74, 6) is -0.0783. The van der Waals surface area contributed by atoms with Crippen LogP contribution < -0.4 is 19.1 Å². The van der Waals surface area contributed by atoms with E-state index in [0.29, 0.717) is 11.5 Å². The Morgan fingerprint density at radius 1 is 0.816 bits per heavy atom. The highest BCUT2D eigenvalue weighted by Crippen LogP contribution is 2.34. The number of anilines is 1. The van der Waals surface area contributed by atoms with E-state index in [4.69, 9.17) is 9.47 Å². The summed E-state index contributed by atoms with van der Waals surface area (Å²) < 4.78 is 41.4. The standard InChI is InChI=1S/C38H42BrN3O6S/c1-47-35-22-21-32(25-36(35)48-2)42(49(45,46)33-19-10-5-11-20-33)27-37(43)41(26-29-15-12-16-30(39)23-29)34(24-28-13-6-3-7-14-28)38(44)40-31-17-8-4-9-18-31/h3,5-7,10-16,19-23,25,31,34H,4,8-9,17-18,24,26-27H2,1-2H3,(H,40,44). The second-order valence-electron chi connectivity index (χ2n) is 12.1. The lowest BCUT2D eigenvalue weighted by Crippen LogP contribution is -2.55. The van der Waals surface area contributed by atoms with Gasteiger partial charge in [-0.2, -0.15) is 0 Å². The van der Waals surface area contributed by atoms with Crippen molar-refractivity contribution in [3.05, 3.63) is 119 Å². The number of hydrogen-bond acceptors (Lipinski definition) is 6. The van der Waals surface area contributed by atoms with E-state index in [2.05, 4.69) is 21.2 Å². The Balaban J connectivity index is 1.59. The van der Waals surface area contributed by atoms with Gasteiger partial charge in [0.25, 0.3) is 10.0 Å². The van der Waals surface area contributed by atoms with E-state index >= 15 is 0 Å². The third kappa shape index (κ3) is 9.21. The minimum Gasteiger partial charge on any atom is -0.493 e. The number of nitrogens with one attached hydrogen (secondary N) is 1. The van der Waals surface area contributed by atoms with E-state index in [1.807, 2.05) is 54.6 Å². The fourth-order valence-electron chi connectivity index (χ4n) is 6.16. The maximum Gasteiger partial charge on any atom is 0.264 e. The number of halogens is 1. The molecule has 11 heteroatoms. The lowest BCUT2D eigenvalue weighted by Gasteiger charge is -2.35. The van der Waals surface area contributed by atoms with E-state index in [9.17, 15) is 18.0 Å². The van der Waals surface area contributed by atoms with Gasteiger partial charge in [-0.15, -0.1) is 0 Å². The van der Waals surface area contributed by atoms with E-state index in [-0.39, 0.29) is 35.5 Å². The fraction of sp³-hybridized carbons (Fsp3) is 0.316. The number of hydrogen-bond donors (Lipinski definition) is 1. The molecule has 0 saturated heterocycles. The second-order valence-corrected chi connectivity index (χ2v) is 14.8. The molecule has 4 aromatic carbocycles. The van der Waals surface area contributed by atoms with Gasteiger partial charge >= 0.3 is 0 Å². The van der Waals surface area contributed by atoms with Crippen molar-refractivity contribution < 1.29 is 27.5 Å². The molecule has 0 spiro atoms. The highest BCUT2D eigenvalue weighted by Gasteiger charge is 2.35. The number of carbonyl (C=O) groups is 2. The SMILES string of the molecule is COc1ccc(N(CC(=O)N(Cc2cccc(Br)c2)C(Cc2ccccc2)C(=O)NC2CCCCC2)S(=O)(=O)c2ccccc2)cc1OC. The molecule has 1 atom stereocenters. The van der Waals surface area contributed by atoms with Crippen molar-refractivity contribution in [2.24, 2.45) is 0 Å². The van der Waals surface area contributed by atoms with Gasteiger partial charge in [-0.1, -0.05) is 95.9 Å². The average Bonchev–Trinajstić information content (AvgIpc) is 3.12. The van der Waals surface area contributed by atoms with Gasteiger partial charge in [0.2, 0.25) is 11.8 Å². The van der Waals surface area contributed by atoms with Crippen molar-refractivity contribution in [1.82, 2.24) is 10.2 Å². The normalized spacial score (nSPS) is 14.0. The summed E-state index contributed by atoms with van der Waals surface area (Å²) in [6.07, 6.45) is 5.22. The van der Waals surface area contributed by atoms with Gasteiger partial charge in [-0.25, -0.2) is 8.42 Å². The molecule has 1 fully saturated rings. The van der Waals surface area contributed by atoms with Crippen LogP contribution in [-0.4, -0.2) is 58.0 Å². The lowest BCUT2D eigenvalue weighted by atomic mass is 9.94. The van der Waals surface area contributed by atoms with Gasteiger partial charge in [-0.3, -0.25) is 13.9 Å². The molecule has 4 aromatic rings. The monoisotopic (exact) mass is 747 g/mol. The Kier molecular flexibility index (Phi) is 12.4. The van der Waals surface area contributed by atoms with Crippen LogP contribution >= 0.6 is 15.9 Å². The molecule has 9 nitrogen and oxygen atoms in total. The predicted octanol–water partition coefficient (Wildman–Crippen LogP) is 6.75. The first-order chi connectivity index (χ1) is 23.7. The molecular weight excluding hydrogens is 706 g/mol.